The van der Waals surface area contributed by atoms with Crippen LogP contribution in [0.4, 0.5) is 0 Å². The third kappa shape index (κ3) is 1.77. The Balaban J connectivity index is 0.000000720. The average molecular weight is 224 g/mol. The minimum atomic E-state index is 0. The van der Waals surface area contributed by atoms with E-state index in [2.05, 4.69) is 5.38 Å². The van der Waals surface area contributed by atoms with E-state index in [1.807, 2.05) is 0 Å². The first kappa shape index (κ1) is 10.3. The highest BCUT2D eigenvalue weighted by atomic mass is 35.5. The quantitative estimate of drug-likeness (QED) is 0.720. The number of halogens is 2. The Morgan fingerprint density at radius 3 is 3.08 bits per heavy atom. The molecule has 1 aromatic rings. The molecule has 1 aliphatic rings. The molecule has 2 rings (SSSR count). The van der Waals surface area contributed by atoms with E-state index in [-0.39, 0.29) is 12.4 Å². The highest BCUT2D eigenvalue weighted by molar-refractivity contribution is 7.14. The zero-order valence-corrected chi connectivity index (χ0v) is 8.94. The molecule has 1 atom stereocenters. The van der Waals surface area contributed by atoms with Crippen molar-refractivity contribution in [2.24, 2.45) is 5.73 Å². The number of hydrogen-bond acceptors (Lipinski definition) is 2. The third-order valence-electron chi connectivity index (χ3n) is 2.18. The first-order valence-corrected chi connectivity index (χ1v) is 5.03. The Hall–Kier alpha value is 0.240. The lowest BCUT2D eigenvalue weighted by atomic mass is 9.92. The van der Waals surface area contributed by atoms with Crippen LogP contribution in [0.2, 0.25) is 4.34 Å². The second-order valence-corrected chi connectivity index (χ2v) is 4.50. The zero-order valence-electron chi connectivity index (χ0n) is 6.55. The van der Waals surface area contributed by atoms with E-state index in [1.54, 1.807) is 11.3 Å². The lowest BCUT2D eigenvalue weighted by molar-refractivity contribution is 0.579. The first-order chi connectivity index (χ1) is 5.27. The van der Waals surface area contributed by atoms with Crippen molar-refractivity contribution < 1.29 is 0 Å². The summed E-state index contributed by atoms with van der Waals surface area (Å²) in [6.07, 6.45) is 3.19. The van der Waals surface area contributed by atoms with Gasteiger partial charge in [0.25, 0.3) is 0 Å². The maximum atomic E-state index is 5.99. The maximum absolute atomic E-state index is 5.99. The van der Waals surface area contributed by atoms with E-state index < -0.39 is 0 Å². The summed E-state index contributed by atoms with van der Waals surface area (Å²) in [6, 6.07) is 0.328. The smallest absolute Gasteiger partial charge is 0.0963 e. The molecule has 12 heavy (non-hydrogen) atoms. The highest BCUT2D eigenvalue weighted by Gasteiger charge is 2.18. The number of rotatable bonds is 0. The van der Waals surface area contributed by atoms with Gasteiger partial charge < -0.3 is 5.73 Å². The van der Waals surface area contributed by atoms with Crippen molar-refractivity contribution in [3.63, 3.8) is 0 Å². The van der Waals surface area contributed by atoms with Crippen molar-refractivity contribution >= 4 is 35.3 Å². The summed E-state index contributed by atoms with van der Waals surface area (Å²) in [4.78, 5) is 0. The zero-order chi connectivity index (χ0) is 7.84. The van der Waals surface area contributed by atoms with Crippen LogP contribution in [0.5, 0.6) is 0 Å². The van der Waals surface area contributed by atoms with Gasteiger partial charge in [-0.2, -0.15) is 0 Å². The SMILES string of the molecule is Cl.NC1CCc2csc(Cl)c2C1. The second kappa shape index (κ2) is 3.97. The molecule has 0 spiro atoms. The molecule has 1 aliphatic carbocycles. The van der Waals surface area contributed by atoms with Crippen LogP contribution in [-0.2, 0) is 12.8 Å². The fourth-order valence-electron chi connectivity index (χ4n) is 1.52. The molecule has 1 aromatic heterocycles. The van der Waals surface area contributed by atoms with Gasteiger partial charge in [0, 0.05) is 6.04 Å². The normalized spacial score (nSPS) is 21.3. The van der Waals surface area contributed by atoms with E-state index in [1.165, 1.54) is 11.1 Å². The second-order valence-electron chi connectivity index (χ2n) is 3.02. The topological polar surface area (TPSA) is 26.0 Å². The van der Waals surface area contributed by atoms with Gasteiger partial charge in [-0.25, -0.2) is 0 Å². The molecular weight excluding hydrogens is 213 g/mol. The van der Waals surface area contributed by atoms with Crippen LogP contribution in [0, 0.1) is 0 Å². The van der Waals surface area contributed by atoms with Gasteiger partial charge in [-0.3, -0.25) is 0 Å². The lowest BCUT2D eigenvalue weighted by Gasteiger charge is -2.18. The molecular formula is C8H11Cl2NS. The van der Waals surface area contributed by atoms with E-state index in [0.717, 1.165) is 23.6 Å². The molecule has 0 fully saturated rings. The third-order valence-corrected chi connectivity index (χ3v) is 3.53. The van der Waals surface area contributed by atoms with Gasteiger partial charge in [0.1, 0.15) is 0 Å². The summed E-state index contributed by atoms with van der Waals surface area (Å²) in [5, 5.41) is 2.16. The van der Waals surface area contributed by atoms with Gasteiger partial charge in [0.2, 0.25) is 0 Å². The molecule has 0 saturated carbocycles. The van der Waals surface area contributed by atoms with E-state index in [4.69, 9.17) is 17.3 Å². The van der Waals surface area contributed by atoms with Crippen molar-refractivity contribution in [1.82, 2.24) is 0 Å². The average Bonchev–Trinajstić information content (AvgIpc) is 2.33. The fourth-order valence-corrected chi connectivity index (χ4v) is 2.71. The summed E-state index contributed by atoms with van der Waals surface area (Å²) in [5.74, 6) is 0. The van der Waals surface area contributed by atoms with Gasteiger partial charge in [-0.1, -0.05) is 11.6 Å². The molecule has 1 heterocycles. The summed E-state index contributed by atoms with van der Waals surface area (Å²) in [6.45, 7) is 0. The van der Waals surface area contributed by atoms with E-state index >= 15 is 0 Å². The number of fused-ring (bicyclic) bond motifs is 1. The van der Waals surface area contributed by atoms with Crippen molar-refractivity contribution in [1.29, 1.82) is 0 Å². The number of aryl methyl sites for hydroxylation is 1. The van der Waals surface area contributed by atoms with Gasteiger partial charge in [-0.15, -0.1) is 23.7 Å². The van der Waals surface area contributed by atoms with Crippen molar-refractivity contribution in [3.8, 4) is 0 Å². The fraction of sp³-hybridized carbons (Fsp3) is 0.500. The van der Waals surface area contributed by atoms with Crippen LogP contribution < -0.4 is 5.73 Å². The molecule has 68 valence electrons. The van der Waals surface area contributed by atoms with Gasteiger partial charge in [-0.05, 0) is 35.8 Å². The standard InChI is InChI=1S/C8H10ClNS.ClH/c9-8-7-3-6(10)2-1-5(7)4-11-8;/h4,6H,1-3,10H2;1H. The molecule has 1 nitrogen and oxygen atoms in total. The van der Waals surface area contributed by atoms with Gasteiger partial charge >= 0.3 is 0 Å². The largest absolute Gasteiger partial charge is 0.327 e. The van der Waals surface area contributed by atoms with Gasteiger partial charge in [0.05, 0.1) is 4.34 Å². The van der Waals surface area contributed by atoms with Crippen LogP contribution in [-0.4, -0.2) is 6.04 Å². The monoisotopic (exact) mass is 223 g/mol. The number of hydrogen-bond donors (Lipinski definition) is 1. The molecule has 0 aromatic carbocycles. The molecule has 0 radical (unpaired) electrons. The van der Waals surface area contributed by atoms with E-state index in [9.17, 15) is 0 Å². The minimum Gasteiger partial charge on any atom is -0.327 e. The molecule has 2 N–H and O–H groups in total. The number of nitrogens with two attached hydrogens (primary N) is 1. The summed E-state index contributed by atoms with van der Waals surface area (Å²) in [7, 11) is 0. The molecule has 1 unspecified atom stereocenters. The Labute approximate surface area is 87.3 Å². The maximum Gasteiger partial charge on any atom is 0.0963 e. The lowest BCUT2D eigenvalue weighted by Crippen LogP contribution is -2.27. The van der Waals surface area contributed by atoms with Crippen molar-refractivity contribution in [3.05, 3.63) is 20.8 Å². The van der Waals surface area contributed by atoms with Crippen LogP contribution in [0.15, 0.2) is 5.38 Å². The predicted octanol–water partition coefficient (Wildman–Crippen LogP) is 2.64. The highest BCUT2D eigenvalue weighted by Crippen LogP contribution is 2.32. The summed E-state index contributed by atoms with van der Waals surface area (Å²) >= 11 is 7.62. The van der Waals surface area contributed by atoms with Crippen LogP contribution in [0.1, 0.15) is 17.5 Å². The summed E-state index contributed by atoms with van der Waals surface area (Å²) in [5.41, 5.74) is 8.54. The molecule has 0 bridgehead atoms. The Kier molecular flexibility index (Phi) is 3.41. The van der Waals surface area contributed by atoms with Crippen molar-refractivity contribution in [2.45, 2.75) is 25.3 Å². The Morgan fingerprint density at radius 2 is 2.33 bits per heavy atom. The summed E-state index contributed by atoms with van der Waals surface area (Å²) < 4.78 is 0.940. The number of thiophene rings is 1. The predicted molar refractivity (Wildman–Crippen MR) is 56.6 cm³/mol. The molecule has 0 amide bonds. The minimum absolute atomic E-state index is 0. The van der Waals surface area contributed by atoms with Crippen LogP contribution in [0.3, 0.4) is 0 Å². The Morgan fingerprint density at radius 1 is 1.58 bits per heavy atom. The molecule has 0 aliphatic heterocycles. The van der Waals surface area contributed by atoms with Crippen LogP contribution >= 0.6 is 35.3 Å². The Bertz CT molecular complexity index is 272. The molecule has 4 heteroatoms. The molecule has 0 saturated heterocycles. The van der Waals surface area contributed by atoms with Crippen molar-refractivity contribution in [2.75, 3.05) is 0 Å². The van der Waals surface area contributed by atoms with Gasteiger partial charge in [0.15, 0.2) is 0 Å². The van der Waals surface area contributed by atoms with Crippen LogP contribution in [0.25, 0.3) is 0 Å². The first-order valence-electron chi connectivity index (χ1n) is 3.77. The van der Waals surface area contributed by atoms with E-state index in [0.29, 0.717) is 6.04 Å².